The molecule has 0 aliphatic carbocycles. The van der Waals surface area contributed by atoms with E-state index in [0.29, 0.717) is 6.42 Å². The molecule has 1 aromatic carbocycles. The average Bonchev–Trinajstić information content (AvgIpc) is 2.58. The van der Waals surface area contributed by atoms with Gasteiger partial charge in [-0.15, -0.1) is 4.91 Å². The van der Waals surface area contributed by atoms with Crippen LogP contribution in [0.4, 0.5) is 0 Å². The van der Waals surface area contributed by atoms with Crippen molar-refractivity contribution < 1.29 is 24.3 Å². The largest absolute Gasteiger partial charge is 0.510 e. The first kappa shape index (κ1) is 20.6. The lowest BCUT2D eigenvalue weighted by Gasteiger charge is -2.38. The van der Waals surface area contributed by atoms with Crippen molar-refractivity contribution in [3.63, 3.8) is 0 Å². The Labute approximate surface area is 157 Å². The maximum absolute atomic E-state index is 11.9. The molecule has 0 bridgehead atoms. The highest BCUT2D eigenvalue weighted by Crippen LogP contribution is 2.27. The molecule has 1 saturated heterocycles. The van der Waals surface area contributed by atoms with Crippen LogP contribution < -0.4 is 0 Å². The van der Waals surface area contributed by atoms with Gasteiger partial charge in [-0.25, -0.2) is 9.86 Å². The molecule has 8 heteroatoms. The summed E-state index contributed by atoms with van der Waals surface area (Å²) in [6, 6.07) is 9.17. The predicted octanol–water partition coefficient (Wildman–Crippen LogP) is 3.38. The number of esters is 1. The summed E-state index contributed by atoms with van der Waals surface area (Å²) < 4.78 is 5.04. The van der Waals surface area contributed by atoms with E-state index in [2.05, 4.69) is 5.18 Å². The molecule has 27 heavy (non-hydrogen) atoms. The third-order valence-corrected chi connectivity index (χ3v) is 3.87. The summed E-state index contributed by atoms with van der Waals surface area (Å²) in [6.45, 7) is 5.19. The molecule has 1 heterocycles. The zero-order chi connectivity index (χ0) is 20.0. The number of nitroso groups, excluding NO2 is 1. The molecular formula is C19H24N2O6. The first-order chi connectivity index (χ1) is 12.7. The monoisotopic (exact) mass is 376 g/mol. The van der Waals surface area contributed by atoms with Gasteiger partial charge in [0.2, 0.25) is 11.6 Å². The number of carbonyl (C=O) groups is 2. The van der Waals surface area contributed by atoms with E-state index in [1.165, 1.54) is 5.06 Å². The van der Waals surface area contributed by atoms with E-state index >= 15 is 0 Å². The van der Waals surface area contributed by atoms with Crippen LogP contribution in [-0.4, -0.2) is 33.7 Å². The number of allylic oxidation sites excluding steroid dienone is 1. The number of carbonyl (C=O) groups excluding carboxylic acids is 2. The molecular weight excluding hydrogens is 352 g/mol. The van der Waals surface area contributed by atoms with E-state index < -0.39 is 23.0 Å². The summed E-state index contributed by atoms with van der Waals surface area (Å²) in [5, 5.41) is 13.9. The highest BCUT2D eigenvalue weighted by Gasteiger charge is 2.37. The first-order valence-electron chi connectivity index (χ1n) is 8.69. The molecule has 1 amide bonds. The highest BCUT2D eigenvalue weighted by molar-refractivity contribution is 5.88. The maximum atomic E-state index is 11.9. The van der Waals surface area contributed by atoms with E-state index in [1.54, 1.807) is 20.8 Å². The number of amides is 1. The van der Waals surface area contributed by atoms with Gasteiger partial charge in [0.15, 0.2) is 0 Å². The number of hydrogen-bond donors (Lipinski definition) is 1. The molecule has 1 aliphatic heterocycles. The van der Waals surface area contributed by atoms with Gasteiger partial charge in [0, 0.05) is 6.42 Å². The van der Waals surface area contributed by atoms with Gasteiger partial charge in [0.1, 0.15) is 18.0 Å². The number of aliphatic hydroxyl groups excluding tert-OH is 1. The Hall–Kier alpha value is -2.74. The fourth-order valence-corrected chi connectivity index (χ4v) is 2.54. The lowest BCUT2D eigenvalue weighted by molar-refractivity contribution is -0.234. The van der Waals surface area contributed by atoms with Crippen molar-refractivity contribution in [2.24, 2.45) is 5.18 Å². The van der Waals surface area contributed by atoms with Crippen LogP contribution in [0.15, 0.2) is 47.0 Å². The molecule has 0 saturated carbocycles. The van der Waals surface area contributed by atoms with Gasteiger partial charge in [-0.2, -0.15) is 0 Å². The number of hydrogen-bond acceptors (Lipinski definition) is 7. The SMILES string of the molecule is CC(C)(C)OC(=O)/C(N=O)=C(\O)CCC1CC(=O)N1OCc1ccccc1. The van der Waals surface area contributed by atoms with Gasteiger partial charge in [0.05, 0.1) is 12.5 Å². The van der Waals surface area contributed by atoms with Gasteiger partial charge < -0.3 is 9.84 Å². The fraction of sp³-hybridized carbons (Fsp3) is 0.474. The molecule has 146 valence electrons. The summed E-state index contributed by atoms with van der Waals surface area (Å²) in [5.74, 6) is -1.58. The van der Waals surface area contributed by atoms with Crippen molar-refractivity contribution in [2.45, 2.75) is 58.3 Å². The number of β-lactam (4-membered cyclic amide) rings is 1. The van der Waals surface area contributed by atoms with Crippen LogP contribution in [0.2, 0.25) is 0 Å². The number of benzene rings is 1. The molecule has 1 aromatic rings. The maximum Gasteiger partial charge on any atom is 0.364 e. The van der Waals surface area contributed by atoms with Crippen LogP contribution in [0.3, 0.4) is 0 Å². The number of rotatable bonds is 8. The molecule has 1 unspecified atom stereocenters. The van der Waals surface area contributed by atoms with E-state index in [0.717, 1.165) is 5.56 Å². The summed E-state index contributed by atoms with van der Waals surface area (Å²) in [4.78, 5) is 40.1. The van der Waals surface area contributed by atoms with Crippen LogP contribution in [0, 0.1) is 4.91 Å². The molecule has 1 N–H and O–H groups in total. The van der Waals surface area contributed by atoms with E-state index in [9.17, 15) is 19.6 Å². The van der Waals surface area contributed by atoms with Gasteiger partial charge in [-0.3, -0.25) is 9.63 Å². The lowest BCUT2D eigenvalue weighted by Crippen LogP contribution is -2.52. The van der Waals surface area contributed by atoms with Crippen molar-refractivity contribution in [1.82, 2.24) is 5.06 Å². The molecule has 1 atom stereocenters. The smallest absolute Gasteiger partial charge is 0.364 e. The van der Waals surface area contributed by atoms with Crippen LogP contribution in [0.1, 0.15) is 45.6 Å². The second-order valence-corrected chi connectivity index (χ2v) is 7.26. The van der Waals surface area contributed by atoms with Crippen molar-refractivity contribution in [3.05, 3.63) is 52.3 Å². The standard InChI is InChI=1S/C19H24N2O6/c1-19(2,3)27-18(24)17(20-25)15(22)10-9-14-11-16(23)21(14)26-12-13-7-5-4-6-8-13/h4-8,14,22H,9-12H2,1-3H3/b17-15+. The zero-order valence-electron chi connectivity index (χ0n) is 15.7. The van der Waals surface area contributed by atoms with Gasteiger partial charge in [0.25, 0.3) is 0 Å². The van der Waals surface area contributed by atoms with Crippen LogP contribution in [0.25, 0.3) is 0 Å². The quantitative estimate of drug-likeness (QED) is 0.245. The van der Waals surface area contributed by atoms with E-state index in [4.69, 9.17) is 9.57 Å². The third-order valence-electron chi connectivity index (χ3n) is 3.87. The summed E-state index contributed by atoms with van der Waals surface area (Å²) in [6.07, 6.45) is 0.607. The van der Waals surface area contributed by atoms with Gasteiger partial charge in [-0.05, 0) is 37.9 Å². The highest BCUT2D eigenvalue weighted by atomic mass is 16.7. The van der Waals surface area contributed by atoms with Gasteiger partial charge in [-0.1, -0.05) is 30.3 Å². The minimum Gasteiger partial charge on any atom is -0.510 e. The van der Waals surface area contributed by atoms with Crippen LogP contribution in [-0.2, 0) is 25.8 Å². The second kappa shape index (κ2) is 8.77. The van der Waals surface area contributed by atoms with Crippen molar-refractivity contribution in [1.29, 1.82) is 0 Å². The molecule has 2 rings (SSSR count). The minimum atomic E-state index is -0.975. The molecule has 1 aliphatic rings. The minimum absolute atomic E-state index is 0.00343. The van der Waals surface area contributed by atoms with Crippen molar-refractivity contribution in [3.8, 4) is 0 Å². The topological polar surface area (TPSA) is 106 Å². The summed E-state index contributed by atoms with van der Waals surface area (Å²) in [5.41, 5.74) is -0.529. The Balaban J connectivity index is 1.90. The Bertz CT molecular complexity index is 723. The van der Waals surface area contributed by atoms with Crippen LogP contribution in [0.5, 0.6) is 0 Å². The lowest BCUT2D eigenvalue weighted by atomic mass is 9.99. The van der Waals surface area contributed by atoms with Crippen LogP contribution >= 0.6 is 0 Å². The summed E-state index contributed by atoms with van der Waals surface area (Å²) >= 11 is 0. The molecule has 1 fully saturated rings. The molecule has 0 aromatic heterocycles. The number of nitrogens with zero attached hydrogens (tertiary/aromatic N) is 2. The molecule has 0 spiro atoms. The zero-order valence-corrected chi connectivity index (χ0v) is 15.7. The summed E-state index contributed by atoms with van der Waals surface area (Å²) in [7, 11) is 0. The van der Waals surface area contributed by atoms with E-state index in [1.807, 2.05) is 30.3 Å². The average molecular weight is 376 g/mol. The Kier molecular flexibility index (Phi) is 6.68. The van der Waals surface area contributed by atoms with Gasteiger partial charge >= 0.3 is 5.97 Å². The second-order valence-electron chi connectivity index (χ2n) is 7.26. The molecule has 0 radical (unpaired) electrons. The van der Waals surface area contributed by atoms with Crippen molar-refractivity contribution in [2.75, 3.05) is 0 Å². The molecule has 8 nitrogen and oxygen atoms in total. The Morgan fingerprint density at radius 3 is 2.52 bits per heavy atom. The van der Waals surface area contributed by atoms with E-state index in [-0.39, 0.29) is 31.4 Å². The number of ether oxygens (including phenoxy) is 1. The number of hydroxylamine groups is 2. The number of aliphatic hydroxyl groups is 1. The first-order valence-corrected chi connectivity index (χ1v) is 8.69. The third kappa shape index (κ3) is 5.89. The fourth-order valence-electron chi connectivity index (χ4n) is 2.54. The Morgan fingerprint density at radius 1 is 1.30 bits per heavy atom. The predicted molar refractivity (Wildman–Crippen MR) is 97.0 cm³/mol. The Morgan fingerprint density at radius 2 is 1.96 bits per heavy atom. The normalized spacial score (nSPS) is 17.8. The van der Waals surface area contributed by atoms with Crippen molar-refractivity contribution >= 4 is 11.9 Å².